The number of aromatic nitrogens is 3. The molecule has 2 N–H and O–H groups in total. The van der Waals surface area contributed by atoms with Crippen LogP contribution < -0.4 is 14.6 Å². The van der Waals surface area contributed by atoms with E-state index in [0.29, 0.717) is 15.4 Å². The van der Waals surface area contributed by atoms with Crippen LogP contribution in [-0.2, 0) is 10.0 Å². The second kappa shape index (κ2) is 6.78. The van der Waals surface area contributed by atoms with E-state index in [9.17, 15) is 17.2 Å². The number of primary sulfonamides is 1. The predicted molar refractivity (Wildman–Crippen MR) is 91.1 cm³/mol. The van der Waals surface area contributed by atoms with Crippen LogP contribution in [0.3, 0.4) is 0 Å². The fourth-order valence-corrected chi connectivity index (χ4v) is 3.43. The highest BCUT2D eigenvalue weighted by atomic mass is 79.9. The number of nitrogens with two attached hydrogens (primary N) is 1. The zero-order valence-electron chi connectivity index (χ0n) is 13.1. The van der Waals surface area contributed by atoms with Crippen LogP contribution in [0.4, 0.5) is 8.78 Å². The average Bonchev–Trinajstić information content (AvgIpc) is 2.93. The number of hydrogen-bond acceptors (Lipinski definition) is 6. The molecule has 26 heavy (non-hydrogen) atoms. The molecule has 8 nitrogen and oxygen atoms in total. The lowest BCUT2D eigenvalue weighted by Gasteiger charge is -2.10. The van der Waals surface area contributed by atoms with E-state index in [4.69, 9.17) is 9.88 Å². The second-order valence-electron chi connectivity index (χ2n) is 4.99. The Hall–Kier alpha value is -2.31. The van der Waals surface area contributed by atoms with Gasteiger partial charge in [-0.05, 0) is 12.1 Å². The quantitative estimate of drug-likeness (QED) is 0.641. The largest absolute Gasteiger partial charge is 0.478 e. The molecule has 0 bridgehead atoms. The van der Waals surface area contributed by atoms with E-state index < -0.39 is 16.6 Å². The van der Waals surface area contributed by atoms with Crippen LogP contribution in [0.1, 0.15) is 0 Å². The Morgan fingerprint density at radius 1 is 1.35 bits per heavy atom. The van der Waals surface area contributed by atoms with Gasteiger partial charge < -0.3 is 9.47 Å². The molecule has 0 unspecified atom stereocenters. The summed E-state index contributed by atoms with van der Waals surface area (Å²) in [4.78, 5) is 7.83. The van der Waals surface area contributed by atoms with Gasteiger partial charge in [-0.3, -0.25) is 4.57 Å². The van der Waals surface area contributed by atoms with Crippen molar-refractivity contribution >= 4 is 36.9 Å². The monoisotopic (exact) mass is 448 g/mol. The van der Waals surface area contributed by atoms with Crippen molar-refractivity contribution in [3.63, 3.8) is 0 Å². The van der Waals surface area contributed by atoms with Gasteiger partial charge in [0.1, 0.15) is 4.90 Å². The lowest BCUT2D eigenvalue weighted by atomic mass is 10.2. The number of fused-ring (bicyclic) bond motifs is 1. The minimum Gasteiger partial charge on any atom is -0.478 e. The number of halogens is 3. The van der Waals surface area contributed by atoms with E-state index >= 15 is 0 Å². The summed E-state index contributed by atoms with van der Waals surface area (Å²) in [5.74, 6) is -0.596. The number of alkyl halides is 2. The van der Waals surface area contributed by atoms with Crippen LogP contribution >= 0.6 is 15.9 Å². The molecule has 0 saturated carbocycles. The van der Waals surface area contributed by atoms with E-state index in [2.05, 4.69) is 30.6 Å². The molecular weight excluding hydrogens is 438 g/mol. The first kappa shape index (κ1) is 18.5. The molecule has 0 spiro atoms. The lowest BCUT2D eigenvalue weighted by Crippen LogP contribution is -2.11. The summed E-state index contributed by atoms with van der Waals surface area (Å²) >= 11 is 3.30. The molecule has 0 aliphatic heterocycles. The molecule has 0 aliphatic carbocycles. The third kappa shape index (κ3) is 3.48. The zero-order valence-corrected chi connectivity index (χ0v) is 15.5. The molecule has 138 valence electrons. The van der Waals surface area contributed by atoms with Crippen LogP contribution in [0.2, 0.25) is 0 Å². The number of benzene rings is 1. The number of nitrogens with zero attached hydrogens (tertiary/aromatic N) is 3. The van der Waals surface area contributed by atoms with Gasteiger partial charge >= 0.3 is 6.61 Å². The maximum Gasteiger partial charge on any atom is 0.387 e. The van der Waals surface area contributed by atoms with Gasteiger partial charge in [-0.2, -0.15) is 13.8 Å². The summed E-state index contributed by atoms with van der Waals surface area (Å²) in [5.41, 5.74) is 0.438. The van der Waals surface area contributed by atoms with Crippen molar-refractivity contribution in [3.8, 4) is 17.6 Å². The van der Waals surface area contributed by atoms with E-state index in [0.717, 1.165) is 6.20 Å². The minimum absolute atomic E-state index is 0.0125. The summed E-state index contributed by atoms with van der Waals surface area (Å²) in [5, 5.41) is 5.62. The number of methoxy groups -OCH3 is 1. The molecule has 1 aromatic carbocycles. The summed E-state index contributed by atoms with van der Waals surface area (Å²) in [7, 11) is -2.79. The first-order chi connectivity index (χ1) is 12.2. The topological polar surface area (TPSA) is 109 Å². The highest BCUT2D eigenvalue weighted by Crippen LogP contribution is 2.31. The van der Waals surface area contributed by atoms with Crippen molar-refractivity contribution in [2.24, 2.45) is 5.14 Å². The Balaban J connectivity index is 2.24. The van der Waals surface area contributed by atoms with Crippen molar-refractivity contribution in [3.05, 3.63) is 35.1 Å². The smallest absolute Gasteiger partial charge is 0.387 e. The average molecular weight is 449 g/mol. The van der Waals surface area contributed by atoms with E-state index in [1.165, 1.54) is 17.9 Å². The molecule has 3 aromatic rings. The van der Waals surface area contributed by atoms with Crippen LogP contribution in [0.5, 0.6) is 11.6 Å². The maximum absolute atomic E-state index is 12.4. The van der Waals surface area contributed by atoms with Gasteiger partial charge in [0.15, 0.2) is 0 Å². The molecule has 12 heteroatoms. The van der Waals surface area contributed by atoms with E-state index in [-0.39, 0.29) is 22.5 Å². The molecule has 0 amide bonds. The molecule has 0 saturated heterocycles. The highest BCUT2D eigenvalue weighted by molar-refractivity contribution is 9.10. The molecule has 0 aliphatic rings. The summed E-state index contributed by atoms with van der Waals surface area (Å²) in [6.45, 7) is -3.07. The highest BCUT2D eigenvalue weighted by Gasteiger charge is 2.21. The minimum atomic E-state index is -4.02. The fourth-order valence-electron chi connectivity index (χ4n) is 2.35. The lowest BCUT2D eigenvalue weighted by molar-refractivity contribution is -0.0518. The number of hydrogen-bond donors (Lipinski definition) is 1. The van der Waals surface area contributed by atoms with Crippen LogP contribution in [0.25, 0.3) is 16.9 Å². The van der Waals surface area contributed by atoms with Crippen molar-refractivity contribution in [1.82, 2.24) is 14.5 Å². The molecule has 2 heterocycles. The molecule has 0 fully saturated rings. The van der Waals surface area contributed by atoms with Gasteiger partial charge in [0, 0.05) is 16.1 Å². The van der Waals surface area contributed by atoms with Crippen LogP contribution in [0.15, 0.2) is 40.0 Å². The van der Waals surface area contributed by atoms with Gasteiger partial charge in [-0.1, -0.05) is 22.0 Å². The van der Waals surface area contributed by atoms with Gasteiger partial charge in [0.05, 0.1) is 18.8 Å². The fraction of sp³-hybridized carbons (Fsp3) is 0.143. The zero-order chi connectivity index (χ0) is 19.1. The Labute approximate surface area is 154 Å². The van der Waals surface area contributed by atoms with Crippen molar-refractivity contribution in [2.45, 2.75) is 11.5 Å². The number of rotatable bonds is 5. The second-order valence-corrected chi connectivity index (χ2v) is 7.44. The summed E-state index contributed by atoms with van der Waals surface area (Å²) in [6.07, 6.45) is 2.25. The first-order valence-corrected chi connectivity index (χ1v) is 9.24. The van der Waals surface area contributed by atoms with Gasteiger partial charge in [-0.25, -0.2) is 18.5 Å². The van der Waals surface area contributed by atoms with Crippen LogP contribution in [-0.4, -0.2) is 36.7 Å². The van der Waals surface area contributed by atoms with E-state index in [1.54, 1.807) is 18.2 Å². The number of ether oxygens (including phenoxy) is 2. The molecule has 0 radical (unpaired) electrons. The number of sulfonamides is 1. The Morgan fingerprint density at radius 2 is 2.08 bits per heavy atom. The summed E-state index contributed by atoms with van der Waals surface area (Å²) in [6, 6.07) is 4.87. The first-order valence-electron chi connectivity index (χ1n) is 6.90. The normalized spacial score (nSPS) is 11.9. The SMILES string of the molecule is COc1nc(-n2cc(S(N)(=O)=O)c3ccc(Br)cc32)ncc1OC(F)F. The maximum atomic E-state index is 12.4. The molecule has 2 aromatic heterocycles. The third-order valence-corrected chi connectivity index (χ3v) is 4.80. The van der Waals surface area contributed by atoms with Gasteiger partial charge in [-0.15, -0.1) is 0 Å². The van der Waals surface area contributed by atoms with Crippen LogP contribution in [0, 0.1) is 0 Å². The molecular formula is C14H11BrF2N4O4S. The van der Waals surface area contributed by atoms with Gasteiger partial charge in [0.2, 0.25) is 21.7 Å². The van der Waals surface area contributed by atoms with Crippen molar-refractivity contribution in [2.75, 3.05) is 7.11 Å². The standard InChI is InChI=1S/C14H11BrF2N4O4S/c1-24-12-10(25-13(16)17)5-19-14(20-12)21-6-11(26(18,22)23)8-3-2-7(15)4-9(8)21/h2-6,13H,1H3,(H2,18,22,23). The van der Waals surface area contributed by atoms with Crippen molar-refractivity contribution < 1.29 is 26.7 Å². The van der Waals surface area contributed by atoms with Crippen molar-refractivity contribution in [1.29, 1.82) is 0 Å². The third-order valence-electron chi connectivity index (χ3n) is 3.37. The van der Waals surface area contributed by atoms with Gasteiger partial charge in [0.25, 0.3) is 5.88 Å². The Morgan fingerprint density at radius 3 is 2.69 bits per heavy atom. The molecule has 0 atom stereocenters. The Bertz CT molecular complexity index is 1090. The van der Waals surface area contributed by atoms with E-state index in [1.807, 2.05) is 0 Å². The predicted octanol–water partition coefficient (Wildman–Crippen LogP) is 2.44. The summed E-state index contributed by atoms with van der Waals surface area (Å²) < 4.78 is 59.8. The molecule has 3 rings (SSSR count). The Kier molecular flexibility index (Phi) is 4.82.